The van der Waals surface area contributed by atoms with Gasteiger partial charge in [-0.1, -0.05) is 0 Å². The molecule has 10 nitrogen and oxygen atoms in total. The molecule has 0 unspecified atom stereocenters. The maximum atomic E-state index is 13.4. The fraction of sp³-hybridized carbons (Fsp3) is 0.217. The Balaban J connectivity index is 1.59. The first-order valence-corrected chi connectivity index (χ1v) is 12.5. The molecule has 3 aromatic rings. The van der Waals surface area contributed by atoms with Crippen LogP contribution in [0, 0.1) is 0 Å². The Kier molecular flexibility index (Phi) is 7.54. The fourth-order valence-electron chi connectivity index (χ4n) is 3.48. The maximum Gasteiger partial charge on any atom is 0.293 e. The first-order valence-electron chi connectivity index (χ1n) is 10.7. The number of anilines is 3. The Labute approximate surface area is 208 Å². The first kappa shape index (κ1) is 24.5. The van der Waals surface area contributed by atoms with Gasteiger partial charge in [0.15, 0.2) is 10.9 Å². The lowest BCUT2D eigenvalue weighted by atomic mass is 10.2. The topological polar surface area (TPSA) is 122 Å². The van der Waals surface area contributed by atoms with Gasteiger partial charge in [-0.05, 0) is 66.8 Å². The predicted molar refractivity (Wildman–Crippen MR) is 136 cm³/mol. The van der Waals surface area contributed by atoms with Crippen molar-refractivity contribution >= 4 is 50.3 Å². The minimum absolute atomic E-state index is 0.00279. The summed E-state index contributed by atoms with van der Waals surface area (Å²) in [5.41, 5.74) is 1.31. The summed E-state index contributed by atoms with van der Waals surface area (Å²) in [7, 11) is -2.45. The van der Waals surface area contributed by atoms with Gasteiger partial charge in [0.1, 0.15) is 10.6 Å². The van der Waals surface area contributed by atoms with E-state index >= 15 is 0 Å². The monoisotopic (exact) mass is 516 g/mol. The van der Waals surface area contributed by atoms with Crippen LogP contribution in [-0.4, -0.2) is 52.9 Å². The molecule has 0 aliphatic carbocycles. The number of carbonyl (C=O) groups is 1. The number of amides is 1. The number of rotatable bonds is 7. The average Bonchev–Trinajstić information content (AvgIpc) is 3.40. The standard InChI is InChI=1S/C23H24N4O6S2/c1-31-18-7-4-16(5-8-18)26-35(29,30)21-15-17(6-9-19(21)27-10-13-32-14-11-27)24-23(34)25-22(28)20-3-2-12-33-20/h2-9,12,15,26H,10-11,13-14H2,1H3,(H2,24,25,28,34). The third-order valence-electron chi connectivity index (χ3n) is 5.17. The Bertz CT molecular complexity index is 1290. The van der Waals surface area contributed by atoms with Crippen LogP contribution in [0.3, 0.4) is 0 Å². The molecular formula is C23H24N4O6S2. The second-order valence-electron chi connectivity index (χ2n) is 7.50. The van der Waals surface area contributed by atoms with E-state index in [0.717, 1.165) is 0 Å². The first-order chi connectivity index (χ1) is 16.9. The summed E-state index contributed by atoms with van der Waals surface area (Å²) in [4.78, 5) is 14.2. The van der Waals surface area contributed by atoms with Crippen molar-refractivity contribution in [3.8, 4) is 5.75 Å². The van der Waals surface area contributed by atoms with Crippen molar-refractivity contribution in [1.29, 1.82) is 0 Å². The summed E-state index contributed by atoms with van der Waals surface area (Å²) >= 11 is 5.22. The van der Waals surface area contributed by atoms with E-state index in [9.17, 15) is 13.2 Å². The number of benzene rings is 2. The molecule has 4 rings (SSSR count). The number of hydrogen-bond acceptors (Lipinski definition) is 8. The SMILES string of the molecule is COc1ccc(NS(=O)(=O)c2cc(NC(=S)NC(=O)c3ccco3)ccc2N2CCOCC2)cc1. The van der Waals surface area contributed by atoms with Crippen LogP contribution >= 0.6 is 12.2 Å². The number of sulfonamides is 1. The zero-order valence-corrected chi connectivity index (χ0v) is 20.4. The molecule has 1 amide bonds. The molecule has 3 N–H and O–H groups in total. The van der Waals surface area contributed by atoms with Gasteiger partial charge in [-0.2, -0.15) is 0 Å². The minimum atomic E-state index is -3.99. The highest BCUT2D eigenvalue weighted by Crippen LogP contribution is 2.31. The predicted octanol–water partition coefficient (Wildman–Crippen LogP) is 3.05. The van der Waals surface area contributed by atoms with Gasteiger partial charge < -0.3 is 24.1 Å². The minimum Gasteiger partial charge on any atom is -0.497 e. The van der Waals surface area contributed by atoms with Gasteiger partial charge >= 0.3 is 0 Å². The van der Waals surface area contributed by atoms with Crippen LogP contribution < -0.4 is 25.0 Å². The van der Waals surface area contributed by atoms with Crippen molar-refractivity contribution in [3.05, 3.63) is 66.6 Å². The molecule has 0 saturated carbocycles. The van der Waals surface area contributed by atoms with Gasteiger partial charge in [-0.3, -0.25) is 14.8 Å². The van der Waals surface area contributed by atoms with E-state index < -0.39 is 15.9 Å². The van der Waals surface area contributed by atoms with Gasteiger partial charge in [-0.25, -0.2) is 8.42 Å². The van der Waals surface area contributed by atoms with Gasteiger partial charge in [0.05, 0.1) is 32.3 Å². The highest BCUT2D eigenvalue weighted by atomic mass is 32.2. The molecule has 1 saturated heterocycles. The van der Waals surface area contributed by atoms with E-state index in [4.69, 9.17) is 26.1 Å². The number of nitrogens with one attached hydrogen (secondary N) is 3. The zero-order chi connectivity index (χ0) is 24.8. The van der Waals surface area contributed by atoms with E-state index in [1.54, 1.807) is 42.5 Å². The summed E-state index contributed by atoms with van der Waals surface area (Å²) in [5, 5.41) is 5.36. The van der Waals surface area contributed by atoms with Crippen LogP contribution in [0.15, 0.2) is 70.2 Å². The largest absolute Gasteiger partial charge is 0.497 e. The molecule has 1 aliphatic heterocycles. The van der Waals surface area contributed by atoms with Gasteiger partial charge in [0, 0.05) is 24.5 Å². The maximum absolute atomic E-state index is 13.4. The molecule has 0 radical (unpaired) electrons. The number of thiocarbonyl (C=S) groups is 1. The molecule has 0 spiro atoms. The summed E-state index contributed by atoms with van der Waals surface area (Å²) in [6, 6.07) is 14.5. The molecular weight excluding hydrogens is 492 g/mol. The smallest absolute Gasteiger partial charge is 0.293 e. The Morgan fingerprint density at radius 3 is 2.43 bits per heavy atom. The van der Waals surface area contributed by atoms with Crippen LogP contribution in [0.5, 0.6) is 5.75 Å². The van der Waals surface area contributed by atoms with E-state index in [1.165, 1.54) is 25.5 Å². The van der Waals surface area contributed by atoms with Gasteiger partial charge in [-0.15, -0.1) is 0 Å². The van der Waals surface area contributed by atoms with Crippen LogP contribution in [-0.2, 0) is 14.8 Å². The third kappa shape index (κ3) is 6.10. The van der Waals surface area contributed by atoms with Crippen LogP contribution in [0.1, 0.15) is 10.6 Å². The number of carbonyl (C=O) groups excluding carboxylic acids is 1. The highest BCUT2D eigenvalue weighted by molar-refractivity contribution is 7.93. The average molecular weight is 517 g/mol. The summed E-state index contributed by atoms with van der Waals surface area (Å²) in [6.07, 6.45) is 1.38. The van der Waals surface area contributed by atoms with Crippen molar-refractivity contribution < 1.29 is 27.1 Å². The molecule has 12 heteroatoms. The van der Waals surface area contributed by atoms with Crippen molar-refractivity contribution in [1.82, 2.24) is 5.32 Å². The Morgan fingerprint density at radius 1 is 1.06 bits per heavy atom. The molecule has 1 fully saturated rings. The van der Waals surface area contributed by atoms with Crippen LogP contribution in [0.4, 0.5) is 17.1 Å². The summed E-state index contributed by atoms with van der Waals surface area (Å²) < 4.78 is 45.1. The second kappa shape index (κ2) is 10.8. The van der Waals surface area contributed by atoms with Crippen molar-refractivity contribution in [2.24, 2.45) is 0 Å². The molecule has 184 valence electrons. The number of morpholine rings is 1. The quantitative estimate of drug-likeness (QED) is 0.407. The number of hydrogen-bond donors (Lipinski definition) is 3. The van der Waals surface area contributed by atoms with Gasteiger partial charge in [0.25, 0.3) is 15.9 Å². The Hall–Kier alpha value is -3.61. The third-order valence-corrected chi connectivity index (χ3v) is 6.79. The van der Waals surface area contributed by atoms with E-state index in [1.807, 2.05) is 4.90 Å². The van der Waals surface area contributed by atoms with Crippen molar-refractivity contribution in [3.63, 3.8) is 0 Å². The van der Waals surface area contributed by atoms with E-state index in [0.29, 0.717) is 49.1 Å². The molecule has 0 atom stereocenters. The number of furan rings is 1. The van der Waals surface area contributed by atoms with Crippen LogP contribution in [0.2, 0.25) is 0 Å². The lowest BCUT2D eigenvalue weighted by Gasteiger charge is -2.30. The summed E-state index contributed by atoms with van der Waals surface area (Å²) in [6.45, 7) is 2.09. The normalized spacial score (nSPS) is 13.7. The molecule has 0 bridgehead atoms. The molecule has 1 aromatic heterocycles. The lowest BCUT2D eigenvalue weighted by Crippen LogP contribution is -2.37. The molecule has 1 aliphatic rings. The molecule has 2 aromatic carbocycles. The lowest BCUT2D eigenvalue weighted by molar-refractivity contribution is 0.0950. The summed E-state index contributed by atoms with van der Waals surface area (Å²) in [5.74, 6) is 0.188. The highest BCUT2D eigenvalue weighted by Gasteiger charge is 2.24. The van der Waals surface area contributed by atoms with E-state index in [2.05, 4.69) is 15.4 Å². The van der Waals surface area contributed by atoms with Crippen LogP contribution in [0.25, 0.3) is 0 Å². The zero-order valence-electron chi connectivity index (χ0n) is 18.8. The Morgan fingerprint density at radius 2 is 1.77 bits per heavy atom. The molecule has 2 heterocycles. The number of ether oxygens (including phenoxy) is 2. The number of methoxy groups -OCH3 is 1. The number of nitrogens with zero attached hydrogens (tertiary/aromatic N) is 1. The van der Waals surface area contributed by atoms with E-state index in [-0.39, 0.29) is 15.8 Å². The second-order valence-corrected chi connectivity index (χ2v) is 9.56. The fourth-order valence-corrected chi connectivity index (χ4v) is 5.00. The van der Waals surface area contributed by atoms with Crippen molar-refractivity contribution in [2.75, 3.05) is 48.4 Å². The van der Waals surface area contributed by atoms with Crippen molar-refractivity contribution in [2.45, 2.75) is 4.90 Å². The molecule has 35 heavy (non-hydrogen) atoms. The van der Waals surface area contributed by atoms with Gasteiger partial charge in [0.2, 0.25) is 0 Å².